The predicted molar refractivity (Wildman–Crippen MR) is 101 cm³/mol. The number of sulfonamides is 1. The third kappa shape index (κ3) is 3.42. The molecular formula is C17H16ClN3O3S2. The lowest BCUT2D eigenvalue weighted by Gasteiger charge is -2.30. The van der Waals surface area contributed by atoms with Gasteiger partial charge in [-0.1, -0.05) is 29.8 Å². The molecule has 0 unspecified atom stereocenters. The number of fused-ring (bicyclic) bond motifs is 1. The van der Waals surface area contributed by atoms with Crippen molar-refractivity contribution in [3.63, 3.8) is 0 Å². The van der Waals surface area contributed by atoms with E-state index in [-0.39, 0.29) is 10.3 Å². The average molecular weight is 410 g/mol. The highest BCUT2D eigenvalue weighted by molar-refractivity contribution is 7.91. The lowest BCUT2D eigenvalue weighted by Crippen LogP contribution is -2.41. The fraction of sp³-hybridized carbons (Fsp3) is 0.294. The number of hydrogen-bond donors (Lipinski definition) is 0. The van der Waals surface area contributed by atoms with Crippen LogP contribution >= 0.6 is 22.9 Å². The first kappa shape index (κ1) is 17.7. The summed E-state index contributed by atoms with van der Waals surface area (Å²) in [5.74, 6) is 0.495. The first-order valence-corrected chi connectivity index (χ1v) is 10.8. The van der Waals surface area contributed by atoms with Gasteiger partial charge in [-0.3, -0.25) is 0 Å². The van der Waals surface area contributed by atoms with Crippen LogP contribution in [0.15, 0.2) is 46.8 Å². The largest absolute Gasteiger partial charge is 0.473 e. The van der Waals surface area contributed by atoms with Gasteiger partial charge >= 0.3 is 0 Å². The van der Waals surface area contributed by atoms with Gasteiger partial charge < -0.3 is 4.74 Å². The van der Waals surface area contributed by atoms with Crippen LogP contribution in [0.4, 0.5) is 0 Å². The molecule has 1 aliphatic heterocycles. The predicted octanol–water partition coefficient (Wildman–Crippen LogP) is 3.58. The molecule has 0 spiro atoms. The summed E-state index contributed by atoms with van der Waals surface area (Å²) in [7, 11) is -3.49. The smallest absolute Gasteiger partial charge is 0.252 e. The summed E-state index contributed by atoms with van der Waals surface area (Å²) in [5, 5.41) is 9.96. The van der Waals surface area contributed by atoms with Gasteiger partial charge in [0.15, 0.2) is 0 Å². The van der Waals surface area contributed by atoms with Gasteiger partial charge in [0.2, 0.25) is 5.88 Å². The molecule has 136 valence electrons. The molecule has 0 amide bonds. The number of hydrogen-bond acceptors (Lipinski definition) is 6. The van der Waals surface area contributed by atoms with E-state index in [1.54, 1.807) is 18.3 Å². The van der Waals surface area contributed by atoms with Crippen LogP contribution in [-0.2, 0) is 10.0 Å². The molecule has 0 atom stereocenters. The minimum Gasteiger partial charge on any atom is -0.473 e. The Morgan fingerprint density at radius 3 is 2.65 bits per heavy atom. The molecule has 0 aliphatic carbocycles. The van der Waals surface area contributed by atoms with Crippen molar-refractivity contribution in [1.82, 2.24) is 14.5 Å². The number of aromatic nitrogens is 2. The molecule has 0 saturated carbocycles. The van der Waals surface area contributed by atoms with Crippen LogP contribution in [0, 0.1) is 0 Å². The number of piperidine rings is 1. The van der Waals surface area contributed by atoms with E-state index in [2.05, 4.69) is 10.2 Å². The van der Waals surface area contributed by atoms with Crippen molar-refractivity contribution in [2.75, 3.05) is 13.1 Å². The minimum atomic E-state index is -3.49. The summed E-state index contributed by atoms with van der Waals surface area (Å²) >= 11 is 6.95. The van der Waals surface area contributed by atoms with Gasteiger partial charge in [0.05, 0.1) is 10.5 Å². The number of halogens is 1. The van der Waals surface area contributed by atoms with E-state index in [4.69, 9.17) is 16.3 Å². The Kier molecular flexibility index (Phi) is 4.83. The van der Waals surface area contributed by atoms with E-state index in [1.165, 1.54) is 4.31 Å². The van der Waals surface area contributed by atoms with Crippen molar-refractivity contribution in [1.29, 1.82) is 0 Å². The molecule has 1 saturated heterocycles. The number of ether oxygens (including phenoxy) is 1. The fourth-order valence-electron chi connectivity index (χ4n) is 3.00. The van der Waals surface area contributed by atoms with Crippen molar-refractivity contribution in [3.05, 3.63) is 46.9 Å². The zero-order valence-corrected chi connectivity index (χ0v) is 16.1. The lowest BCUT2D eigenvalue weighted by atomic mass is 10.1. The molecule has 0 radical (unpaired) electrons. The second-order valence-electron chi connectivity index (χ2n) is 6.02. The van der Waals surface area contributed by atoms with Crippen LogP contribution in [-0.4, -0.2) is 42.1 Å². The molecule has 2 aromatic heterocycles. The van der Waals surface area contributed by atoms with Crippen molar-refractivity contribution < 1.29 is 13.2 Å². The van der Waals surface area contributed by atoms with Crippen LogP contribution in [0.25, 0.3) is 10.8 Å². The minimum absolute atomic E-state index is 0.0894. The van der Waals surface area contributed by atoms with E-state index in [0.717, 1.165) is 22.1 Å². The zero-order chi connectivity index (χ0) is 18.1. The molecule has 9 heteroatoms. The van der Waals surface area contributed by atoms with E-state index < -0.39 is 10.0 Å². The number of thiophene rings is 1. The normalized spacial score (nSPS) is 16.8. The Morgan fingerprint density at radius 1 is 1.15 bits per heavy atom. The van der Waals surface area contributed by atoms with Crippen LogP contribution < -0.4 is 4.74 Å². The topological polar surface area (TPSA) is 72.4 Å². The number of benzene rings is 1. The van der Waals surface area contributed by atoms with Gasteiger partial charge in [-0.25, -0.2) is 8.42 Å². The lowest BCUT2D eigenvalue weighted by molar-refractivity contribution is 0.130. The molecule has 1 fully saturated rings. The quantitative estimate of drug-likeness (QED) is 0.658. The van der Waals surface area contributed by atoms with Crippen molar-refractivity contribution in [2.45, 2.75) is 23.2 Å². The molecule has 1 aromatic carbocycles. The Hall–Kier alpha value is -1.74. The van der Waals surface area contributed by atoms with E-state index >= 15 is 0 Å². The van der Waals surface area contributed by atoms with Gasteiger partial charge in [0.25, 0.3) is 10.0 Å². The second kappa shape index (κ2) is 7.11. The fourth-order valence-corrected chi connectivity index (χ4v) is 6.11. The van der Waals surface area contributed by atoms with E-state index in [9.17, 15) is 8.42 Å². The summed E-state index contributed by atoms with van der Waals surface area (Å²) in [4.78, 5) is 0. The molecule has 6 nitrogen and oxygen atoms in total. The SMILES string of the molecule is O=S(=O)(c1ccc(Cl)s1)N1CCC(Oc2nncc3ccccc23)CC1. The van der Waals surface area contributed by atoms with Gasteiger partial charge in [-0.2, -0.15) is 9.40 Å². The van der Waals surface area contributed by atoms with Crippen molar-refractivity contribution >= 4 is 43.7 Å². The summed E-state index contributed by atoms with van der Waals surface area (Å²) in [5.41, 5.74) is 0. The molecule has 3 heterocycles. The Morgan fingerprint density at radius 2 is 1.92 bits per heavy atom. The number of nitrogens with zero attached hydrogens (tertiary/aromatic N) is 3. The van der Waals surface area contributed by atoms with Crippen LogP contribution in [0.1, 0.15) is 12.8 Å². The maximum Gasteiger partial charge on any atom is 0.252 e. The molecular weight excluding hydrogens is 394 g/mol. The van der Waals surface area contributed by atoms with Crippen molar-refractivity contribution in [3.8, 4) is 5.88 Å². The van der Waals surface area contributed by atoms with Gasteiger partial charge in [0, 0.05) is 23.9 Å². The highest BCUT2D eigenvalue weighted by atomic mass is 35.5. The Bertz CT molecular complexity index is 1030. The van der Waals surface area contributed by atoms with Crippen LogP contribution in [0.5, 0.6) is 5.88 Å². The first-order valence-electron chi connectivity index (χ1n) is 8.16. The third-order valence-corrected chi connectivity index (χ3v) is 7.96. The zero-order valence-electron chi connectivity index (χ0n) is 13.7. The standard InChI is InChI=1S/C17H16ClN3O3S2/c18-15-5-6-16(25-15)26(22,23)21-9-7-13(8-10-21)24-17-14-4-2-1-3-12(14)11-19-20-17/h1-6,11,13H,7-10H2. The van der Waals surface area contributed by atoms with Gasteiger partial charge in [-0.05, 0) is 31.0 Å². The molecule has 0 N–H and O–H groups in total. The van der Waals surface area contributed by atoms with Crippen LogP contribution in [0.3, 0.4) is 0 Å². The highest BCUT2D eigenvalue weighted by Crippen LogP contribution is 2.30. The summed E-state index contributed by atoms with van der Waals surface area (Å²) in [6, 6.07) is 10.9. The monoisotopic (exact) mass is 409 g/mol. The number of rotatable bonds is 4. The Balaban J connectivity index is 1.45. The summed E-state index contributed by atoms with van der Waals surface area (Å²) in [6.07, 6.45) is 2.81. The van der Waals surface area contributed by atoms with Crippen molar-refractivity contribution in [2.24, 2.45) is 0 Å². The third-order valence-electron chi connectivity index (χ3n) is 4.36. The second-order valence-corrected chi connectivity index (χ2v) is 9.90. The van der Waals surface area contributed by atoms with Gasteiger partial charge in [-0.15, -0.1) is 16.4 Å². The molecule has 3 aromatic rings. The van der Waals surface area contributed by atoms with E-state index in [0.29, 0.717) is 36.1 Å². The molecule has 1 aliphatic rings. The molecule has 4 rings (SSSR count). The average Bonchev–Trinajstić information content (AvgIpc) is 3.10. The summed E-state index contributed by atoms with van der Waals surface area (Å²) < 4.78 is 33.6. The first-order chi connectivity index (χ1) is 12.5. The van der Waals surface area contributed by atoms with E-state index in [1.807, 2.05) is 24.3 Å². The maximum atomic E-state index is 12.7. The summed E-state index contributed by atoms with van der Waals surface area (Å²) in [6.45, 7) is 0.807. The highest BCUT2D eigenvalue weighted by Gasteiger charge is 2.31. The molecule has 0 bridgehead atoms. The van der Waals surface area contributed by atoms with Gasteiger partial charge in [0.1, 0.15) is 10.3 Å². The van der Waals surface area contributed by atoms with Crippen LogP contribution in [0.2, 0.25) is 4.34 Å². The molecule has 26 heavy (non-hydrogen) atoms. The maximum absolute atomic E-state index is 12.7. The Labute approximate surface area is 160 Å².